The van der Waals surface area contributed by atoms with E-state index in [1.165, 1.54) is 5.39 Å². The van der Waals surface area contributed by atoms with E-state index in [9.17, 15) is 0 Å². The van der Waals surface area contributed by atoms with Crippen molar-refractivity contribution in [3.63, 3.8) is 0 Å². The van der Waals surface area contributed by atoms with Crippen LogP contribution in [0.3, 0.4) is 0 Å². The van der Waals surface area contributed by atoms with E-state index in [0.29, 0.717) is 0 Å². The molecule has 0 fully saturated rings. The number of methoxy groups -OCH3 is 2. The van der Waals surface area contributed by atoms with Crippen LogP contribution in [0.5, 0.6) is 11.5 Å². The smallest absolute Gasteiger partial charge is 0.128 e. The first kappa shape index (κ1) is 11.0. The summed E-state index contributed by atoms with van der Waals surface area (Å²) in [5.74, 6) is 1.79. The number of hydrogen-bond donors (Lipinski definition) is 1. The van der Waals surface area contributed by atoms with Gasteiger partial charge in [-0.15, -0.1) is 0 Å². The third-order valence-corrected chi connectivity index (χ3v) is 3.32. The quantitative estimate of drug-likeness (QED) is 0.743. The predicted molar refractivity (Wildman–Crippen MR) is 73.6 cm³/mol. The molecule has 0 amide bonds. The number of hydrogen-bond acceptors (Lipinski definition) is 2. The van der Waals surface area contributed by atoms with Gasteiger partial charge in [0.25, 0.3) is 0 Å². The summed E-state index contributed by atoms with van der Waals surface area (Å²) in [7, 11) is 3.39. The van der Waals surface area contributed by atoms with Gasteiger partial charge >= 0.3 is 0 Å². The van der Waals surface area contributed by atoms with Crippen LogP contribution in [0.25, 0.3) is 21.8 Å². The zero-order chi connectivity index (χ0) is 12.7. The third kappa shape index (κ3) is 1.44. The lowest BCUT2D eigenvalue weighted by atomic mass is 10.1. The van der Waals surface area contributed by atoms with E-state index in [2.05, 4.69) is 17.1 Å². The molecule has 92 valence electrons. The molecule has 0 aliphatic heterocycles. The van der Waals surface area contributed by atoms with Crippen molar-refractivity contribution < 1.29 is 9.47 Å². The second-order valence-electron chi connectivity index (χ2n) is 4.38. The predicted octanol–water partition coefficient (Wildman–Crippen LogP) is 3.65. The Labute approximate surface area is 105 Å². The minimum absolute atomic E-state index is 0.892. The van der Waals surface area contributed by atoms with Gasteiger partial charge in [-0.05, 0) is 30.7 Å². The van der Waals surface area contributed by atoms with E-state index in [0.717, 1.165) is 33.5 Å². The maximum atomic E-state index is 5.44. The van der Waals surface area contributed by atoms with Crippen LogP contribution in [0.4, 0.5) is 0 Å². The maximum Gasteiger partial charge on any atom is 0.128 e. The molecular formula is C15H15NO2. The van der Waals surface area contributed by atoms with Gasteiger partial charge in [-0.1, -0.05) is 6.07 Å². The number of fused-ring (bicyclic) bond motifs is 3. The van der Waals surface area contributed by atoms with Gasteiger partial charge < -0.3 is 14.5 Å². The van der Waals surface area contributed by atoms with Crippen molar-refractivity contribution in [1.29, 1.82) is 0 Å². The number of ether oxygens (including phenoxy) is 2. The molecule has 0 aliphatic carbocycles. The molecule has 3 nitrogen and oxygen atoms in total. The van der Waals surface area contributed by atoms with Crippen LogP contribution in [0.2, 0.25) is 0 Å². The van der Waals surface area contributed by atoms with E-state index in [4.69, 9.17) is 9.47 Å². The Balaban J connectivity index is 2.46. The highest BCUT2D eigenvalue weighted by atomic mass is 16.5. The second kappa shape index (κ2) is 3.95. The number of rotatable bonds is 2. The summed E-state index contributed by atoms with van der Waals surface area (Å²) < 4.78 is 10.8. The molecule has 0 radical (unpaired) electrons. The summed E-state index contributed by atoms with van der Waals surface area (Å²) in [4.78, 5) is 3.39. The lowest BCUT2D eigenvalue weighted by Crippen LogP contribution is -1.86. The van der Waals surface area contributed by atoms with E-state index >= 15 is 0 Å². The van der Waals surface area contributed by atoms with E-state index < -0.39 is 0 Å². The summed E-state index contributed by atoms with van der Waals surface area (Å²) in [6.45, 7) is 2.05. The second-order valence-corrected chi connectivity index (χ2v) is 4.38. The van der Waals surface area contributed by atoms with Crippen molar-refractivity contribution in [2.45, 2.75) is 6.92 Å². The van der Waals surface area contributed by atoms with Crippen LogP contribution < -0.4 is 9.47 Å². The molecule has 0 aliphatic rings. The fraction of sp³-hybridized carbons (Fsp3) is 0.200. The van der Waals surface area contributed by atoms with Gasteiger partial charge in [0.15, 0.2) is 0 Å². The highest BCUT2D eigenvalue weighted by molar-refractivity contribution is 6.11. The van der Waals surface area contributed by atoms with Gasteiger partial charge in [0.1, 0.15) is 11.5 Å². The third-order valence-electron chi connectivity index (χ3n) is 3.32. The zero-order valence-electron chi connectivity index (χ0n) is 10.7. The topological polar surface area (TPSA) is 34.2 Å². The van der Waals surface area contributed by atoms with Crippen LogP contribution in [0.1, 0.15) is 5.56 Å². The molecule has 3 rings (SSSR count). The highest BCUT2D eigenvalue weighted by Crippen LogP contribution is 2.35. The molecule has 0 unspecified atom stereocenters. The van der Waals surface area contributed by atoms with Gasteiger partial charge in [-0.3, -0.25) is 0 Å². The van der Waals surface area contributed by atoms with Crippen molar-refractivity contribution >= 4 is 21.8 Å². The van der Waals surface area contributed by atoms with Gasteiger partial charge in [0.05, 0.1) is 25.3 Å². The molecule has 18 heavy (non-hydrogen) atoms. The van der Waals surface area contributed by atoms with Crippen LogP contribution in [0.15, 0.2) is 30.3 Å². The lowest BCUT2D eigenvalue weighted by molar-refractivity contribution is 0.412. The molecule has 0 spiro atoms. The van der Waals surface area contributed by atoms with Crippen LogP contribution in [-0.4, -0.2) is 19.2 Å². The van der Waals surface area contributed by atoms with Gasteiger partial charge in [-0.25, -0.2) is 0 Å². The summed E-state index contributed by atoms with van der Waals surface area (Å²) in [5, 5.41) is 2.29. The molecule has 0 saturated carbocycles. The van der Waals surface area contributed by atoms with Crippen molar-refractivity contribution in [2.75, 3.05) is 14.2 Å². The fourth-order valence-corrected chi connectivity index (χ4v) is 2.45. The number of aromatic amines is 1. The van der Waals surface area contributed by atoms with Crippen LogP contribution >= 0.6 is 0 Å². The normalized spacial score (nSPS) is 11.1. The Kier molecular flexibility index (Phi) is 2.40. The molecule has 0 atom stereocenters. The Bertz CT molecular complexity index is 728. The zero-order valence-corrected chi connectivity index (χ0v) is 10.7. The largest absolute Gasteiger partial charge is 0.496 e. The monoisotopic (exact) mass is 241 g/mol. The first-order chi connectivity index (χ1) is 8.74. The van der Waals surface area contributed by atoms with Crippen LogP contribution in [-0.2, 0) is 0 Å². The highest BCUT2D eigenvalue weighted by Gasteiger charge is 2.11. The molecule has 3 heteroatoms. The first-order valence-corrected chi connectivity index (χ1v) is 5.87. The number of nitrogens with one attached hydrogen (secondary N) is 1. The molecule has 0 bridgehead atoms. The summed E-state index contributed by atoms with van der Waals surface area (Å²) >= 11 is 0. The number of aromatic nitrogens is 1. The Morgan fingerprint density at radius 2 is 1.72 bits per heavy atom. The number of aryl methyl sites for hydroxylation is 1. The summed E-state index contributed by atoms with van der Waals surface area (Å²) in [6.07, 6.45) is 0. The van der Waals surface area contributed by atoms with Gasteiger partial charge in [0, 0.05) is 16.8 Å². The van der Waals surface area contributed by atoms with Crippen LogP contribution in [0, 0.1) is 6.92 Å². The maximum absolute atomic E-state index is 5.44. The fourth-order valence-electron chi connectivity index (χ4n) is 2.45. The van der Waals surface area contributed by atoms with Gasteiger partial charge in [0.2, 0.25) is 0 Å². The SMILES string of the molecule is COc1cc2[nH]c3cccc(OC)c3c2cc1C. The van der Waals surface area contributed by atoms with E-state index in [1.807, 2.05) is 25.1 Å². The average molecular weight is 241 g/mol. The Morgan fingerprint density at radius 1 is 0.944 bits per heavy atom. The van der Waals surface area contributed by atoms with E-state index in [-0.39, 0.29) is 0 Å². The number of H-pyrrole nitrogens is 1. The average Bonchev–Trinajstić information content (AvgIpc) is 2.75. The van der Waals surface area contributed by atoms with E-state index in [1.54, 1.807) is 14.2 Å². The molecule has 3 aromatic rings. The molecule has 1 N–H and O–H groups in total. The minimum atomic E-state index is 0.892. The molecular weight excluding hydrogens is 226 g/mol. The molecule has 0 saturated heterocycles. The standard InChI is InChI=1S/C15H15NO2/c1-9-7-10-12(8-14(9)18-3)16-11-5-4-6-13(17-2)15(10)11/h4-8,16H,1-3H3. The molecule has 1 aromatic heterocycles. The Morgan fingerprint density at radius 3 is 2.44 bits per heavy atom. The number of benzene rings is 2. The Hall–Kier alpha value is -2.16. The van der Waals surface area contributed by atoms with Crippen molar-refractivity contribution in [2.24, 2.45) is 0 Å². The van der Waals surface area contributed by atoms with Crippen molar-refractivity contribution in [3.05, 3.63) is 35.9 Å². The minimum Gasteiger partial charge on any atom is -0.496 e. The first-order valence-electron chi connectivity index (χ1n) is 5.87. The summed E-state index contributed by atoms with van der Waals surface area (Å²) in [6, 6.07) is 10.2. The lowest BCUT2D eigenvalue weighted by Gasteiger charge is -2.05. The van der Waals surface area contributed by atoms with Gasteiger partial charge in [-0.2, -0.15) is 0 Å². The molecule has 2 aromatic carbocycles. The van der Waals surface area contributed by atoms with Crippen molar-refractivity contribution in [3.8, 4) is 11.5 Å². The van der Waals surface area contributed by atoms with Crippen molar-refractivity contribution in [1.82, 2.24) is 4.98 Å². The summed E-state index contributed by atoms with van der Waals surface area (Å²) in [5.41, 5.74) is 3.27. The molecule has 1 heterocycles.